The number of nitrogens with two attached hydrogens (primary N) is 1. The van der Waals surface area contributed by atoms with Crippen LogP contribution in [-0.4, -0.2) is 36.9 Å². The highest BCUT2D eigenvalue weighted by Crippen LogP contribution is 2.22. The molecule has 1 aromatic carbocycles. The van der Waals surface area contributed by atoms with Crippen molar-refractivity contribution in [3.63, 3.8) is 0 Å². The van der Waals surface area contributed by atoms with Gasteiger partial charge in [-0.25, -0.2) is 0 Å². The molecule has 0 aromatic heterocycles. The summed E-state index contributed by atoms with van der Waals surface area (Å²) in [5.41, 5.74) is 4.43. The van der Waals surface area contributed by atoms with E-state index in [1.807, 2.05) is 6.07 Å². The van der Waals surface area contributed by atoms with Crippen molar-refractivity contribution in [1.29, 1.82) is 0 Å². The highest BCUT2D eigenvalue weighted by atomic mass is 16.2. The zero-order valence-corrected chi connectivity index (χ0v) is 13.1. The molecule has 1 fully saturated rings. The average Bonchev–Trinajstić information content (AvgIpc) is 3.07. The molecule has 1 aliphatic rings. The molecule has 1 heterocycles. The fourth-order valence-electron chi connectivity index (χ4n) is 2.62. The van der Waals surface area contributed by atoms with Crippen LogP contribution in [0.2, 0.25) is 0 Å². The normalized spacial score (nSPS) is 19.6. The Bertz CT molecular complexity index is 584. The second kappa shape index (κ2) is 7.23. The molecule has 1 aromatic rings. The fraction of sp³-hybridized carbons (Fsp3) is 0.438. The number of hydrogen-bond donors (Lipinski definition) is 4. The minimum Gasteiger partial charge on any atom is -0.368 e. The summed E-state index contributed by atoms with van der Waals surface area (Å²) in [6, 6.07) is 8.61. The van der Waals surface area contributed by atoms with Crippen LogP contribution >= 0.6 is 0 Å². The van der Waals surface area contributed by atoms with Gasteiger partial charge in [0.05, 0.1) is 12.6 Å². The number of primary amides is 1. The smallest absolute Gasteiger partial charge is 0.250 e. The van der Waals surface area contributed by atoms with E-state index in [2.05, 4.69) is 16.0 Å². The predicted octanol–water partition coefficient (Wildman–Crippen LogP) is -0.628. The first kappa shape index (κ1) is 17.0. The quantitative estimate of drug-likeness (QED) is 0.559. The van der Waals surface area contributed by atoms with Gasteiger partial charge in [-0.2, -0.15) is 0 Å². The van der Waals surface area contributed by atoms with Gasteiger partial charge in [-0.1, -0.05) is 30.3 Å². The first-order valence-corrected chi connectivity index (χ1v) is 7.61. The summed E-state index contributed by atoms with van der Waals surface area (Å²) in [6.45, 7) is 2.12. The SMILES string of the molecule is C[C@](NC(=O)[C@@H]1CCCN1)(C(=O)NCC(N)=O)c1ccccc1. The Morgan fingerprint density at radius 2 is 2.00 bits per heavy atom. The van der Waals surface area contributed by atoms with Crippen LogP contribution in [-0.2, 0) is 19.9 Å². The molecule has 5 N–H and O–H groups in total. The summed E-state index contributed by atoms with van der Waals surface area (Å²) < 4.78 is 0. The molecule has 23 heavy (non-hydrogen) atoms. The van der Waals surface area contributed by atoms with Crippen molar-refractivity contribution in [3.8, 4) is 0 Å². The zero-order chi connectivity index (χ0) is 16.9. The van der Waals surface area contributed by atoms with E-state index in [9.17, 15) is 14.4 Å². The number of benzene rings is 1. The third-order valence-electron chi connectivity index (χ3n) is 3.98. The molecule has 2 atom stereocenters. The Morgan fingerprint density at radius 1 is 1.30 bits per heavy atom. The Morgan fingerprint density at radius 3 is 2.57 bits per heavy atom. The lowest BCUT2D eigenvalue weighted by Gasteiger charge is -2.31. The van der Waals surface area contributed by atoms with Crippen molar-refractivity contribution in [2.24, 2.45) is 5.73 Å². The maximum absolute atomic E-state index is 12.6. The van der Waals surface area contributed by atoms with E-state index >= 15 is 0 Å². The molecule has 3 amide bonds. The van der Waals surface area contributed by atoms with Crippen LogP contribution in [0, 0.1) is 0 Å². The summed E-state index contributed by atoms with van der Waals surface area (Å²) in [5, 5.41) is 8.38. The lowest BCUT2D eigenvalue weighted by atomic mass is 9.90. The third-order valence-corrected chi connectivity index (χ3v) is 3.98. The van der Waals surface area contributed by atoms with Crippen LogP contribution in [0.1, 0.15) is 25.3 Å². The largest absolute Gasteiger partial charge is 0.368 e. The van der Waals surface area contributed by atoms with E-state index in [-0.39, 0.29) is 18.5 Å². The molecule has 7 nitrogen and oxygen atoms in total. The standard InChI is InChI=1S/C16H22N4O3/c1-16(11-6-3-2-4-7-11,15(23)19-10-13(17)21)20-14(22)12-8-5-9-18-12/h2-4,6-7,12,18H,5,8-10H2,1H3,(H2,17,21)(H,19,23)(H,20,22)/t12-,16+/m0/s1. The fourth-order valence-corrected chi connectivity index (χ4v) is 2.62. The Kier molecular flexibility index (Phi) is 5.33. The van der Waals surface area contributed by atoms with E-state index in [0.717, 1.165) is 19.4 Å². The van der Waals surface area contributed by atoms with Crippen LogP contribution < -0.4 is 21.7 Å². The van der Waals surface area contributed by atoms with Crippen LogP contribution in [0.4, 0.5) is 0 Å². The maximum Gasteiger partial charge on any atom is 0.250 e. The van der Waals surface area contributed by atoms with Gasteiger partial charge < -0.3 is 21.7 Å². The van der Waals surface area contributed by atoms with Gasteiger partial charge in [0.1, 0.15) is 5.54 Å². The molecule has 2 rings (SSSR count). The van der Waals surface area contributed by atoms with Gasteiger partial charge in [0.2, 0.25) is 11.8 Å². The van der Waals surface area contributed by atoms with Gasteiger partial charge in [0.25, 0.3) is 5.91 Å². The molecule has 0 spiro atoms. The Hall–Kier alpha value is -2.41. The number of nitrogens with one attached hydrogen (secondary N) is 3. The summed E-state index contributed by atoms with van der Waals surface area (Å²) >= 11 is 0. The highest BCUT2D eigenvalue weighted by Gasteiger charge is 2.38. The summed E-state index contributed by atoms with van der Waals surface area (Å²) in [4.78, 5) is 35.9. The molecule has 0 saturated carbocycles. The lowest BCUT2D eigenvalue weighted by Crippen LogP contribution is -2.58. The van der Waals surface area contributed by atoms with Crippen LogP contribution in [0.25, 0.3) is 0 Å². The average molecular weight is 318 g/mol. The van der Waals surface area contributed by atoms with E-state index in [4.69, 9.17) is 5.73 Å². The van der Waals surface area contributed by atoms with E-state index < -0.39 is 17.4 Å². The number of carbonyl (C=O) groups is 3. The molecule has 1 saturated heterocycles. The van der Waals surface area contributed by atoms with Crippen molar-refractivity contribution >= 4 is 17.7 Å². The van der Waals surface area contributed by atoms with Gasteiger partial charge in [0, 0.05) is 0 Å². The van der Waals surface area contributed by atoms with E-state index in [1.54, 1.807) is 31.2 Å². The summed E-state index contributed by atoms with van der Waals surface area (Å²) in [5.74, 6) is -1.35. The molecule has 124 valence electrons. The van der Waals surface area contributed by atoms with Crippen molar-refractivity contribution in [3.05, 3.63) is 35.9 Å². The molecule has 0 radical (unpaired) electrons. The zero-order valence-electron chi connectivity index (χ0n) is 13.1. The predicted molar refractivity (Wildman–Crippen MR) is 85.2 cm³/mol. The van der Waals surface area contributed by atoms with Crippen LogP contribution in [0.5, 0.6) is 0 Å². The molecule has 1 aliphatic heterocycles. The lowest BCUT2D eigenvalue weighted by molar-refractivity contribution is -0.134. The second-order valence-corrected chi connectivity index (χ2v) is 5.78. The Labute approximate surface area is 135 Å². The topological polar surface area (TPSA) is 113 Å². The highest BCUT2D eigenvalue weighted by molar-refractivity contribution is 5.95. The van der Waals surface area contributed by atoms with Crippen molar-refractivity contribution in [2.45, 2.75) is 31.3 Å². The maximum atomic E-state index is 12.6. The van der Waals surface area contributed by atoms with Gasteiger partial charge in [-0.05, 0) is 31.9 Å². The number of amides is 3. The van der Waals surface area contributed by atoms with Crippen molar-refractivity contribution < 1.29 is 14.4 Å². The van der Waals surface area contributed by atoms with Crippen LogP contribution in [0.3, 0.4) is 0 Å². The van der Waals surface area contributed by atoms with Crippen molar-refractivity contribution in [1.82, 2.24) is 16.0 Å². The number of hydrogen-bond acceptors (Lipinski definition) is 4. The number of carbonyl (C=O) groups excluding carboxylic acids is 3. The summed E-state index contributed by atoms with van der Waals surface area (Å²) in [7, 11) is 0. The summed E-state index contributed by atoms with van der Waals surface area (Å²) in [6.07, 6.45) is 1.66. The minimum atomic E-state index is -1.28. The minimum absolute atomic E-state index is 0.233. The molecule has 0 aliphatic carbocycles. The van der Waals surface area contributed by atoms with E-state index in [1.165, 1.54) is 0 Å². The van der Waals surface area contributed by atoms with Crippen LogP contribution in [0.15, 0.2) is 30.3 Å². The molecular weight excluding hydrogens is 296 g/mol. The van der Waals surface area contributed by atoms with Gasteiger partial charge in [-0.15, -0.1) is 0 Å². The first-order valence-electron chi connectivity index (χ1n) is 7.61. The molecule has 7 heteroatoms. The van der Waals surface area contributed by atoms with Gasteiger partial charge >= 0.3 is 0 Å². The molecule has 0 unspecified atom stereocenters. The molecule has 0 bridgehead atoms. The van der Waals surface area contributed by atoms with Gasteiger partial charge in [0.15, 0.2) is 0 Å². The third kappa shape index (κ3) is 4.07. The monoisotopic (exact) mass is 318 g/mol. The van der Waals surface area contributed by atoms with Gasteiger partial charge in [-0.3, -0.25) is 14.4 Å². The number of rotatable bonds is 6. The first-order chi connectivity index (χ1) is 10.9. The van der Waals surface area contributed by atoms with Crippen molar-refractivity contribution in [2.75, 3.05) is 13.1 Å². The second-order valence-electron chi connectivity index (χ2n) is 5.78. The van der Waals surface area contributed by atoms with E-state index in [0.29, 0.717) is 5.56 Å². The Balaban J connectivity index is 2.21. The molecular formula is C16H22N4O3.